The lowest BCUT2D eigenvalue weighted by molar-refractivity contribution is 0.328. The van der Waals surface area contributed by atoms with Crippen LogP contribution < -0.4 is 5.32 Å². The Hall–Kier alpha value is -1.16. The van der Waals surface area contributed by atoms with Gasteiger partial charge >= 0.3 is 0 Å². The number of fused-ring (bicyclic) bond motifs is 2. The summed E-state index contributed by atoms with van der Waals surface area (Å²) in [6.07, 6.45) is 9.78. The summed E-state index contributed by atoms with van der Waals surface area (Å²) < 4.78 is 4.71. The second-order valence-electron chi connectivity index (χ2n) is 5.28. The molecule has 2 aliphatic rings. The Morgan fingerprint density at radius 1 is 1.47 bits per heavy atom. The van der Waals surface area contributed by atoms with Gasteiger partial charge in [-0.25, -0.2) is 0 Å². The predicted octanol–water partition coefficient (Wildman–Crippen LogP) is 1.80. The van der Waals surface area contributed by atoms with Crippen molar-refractivity contribution in [2.45, 2.75) is 32.2 Å². The molecule has 1 aromatic rings. The number of hydrogen-bond acceptors (Lipinski definition) is 4. The van der Waals surface area contributed by atoms with Gasteiger partial charge in [0.05, 0.1) is 0 Å². The lowest BCUT2D eigenvalue weighted by Crippen LogP contribution is -2.36. The van der Waals surface area contributed by atoms with Crippen LogP contribution in [0.2, 0.25) is 0 Å². The summed E-state index contributed by atoms with van der Waals surface area (Å²) in [5.41, 5.74) is 0. The quantitative estimate of drug-likeness (QED) is 0.788. The molecule has 1 fully saturated rings. The van der Waals surface area contributed by atoms with Crippen molar-refractivity contribution in [2.75, 3.05) is 6.54 Å². The molecule has 4 atom stereocenters. The van der Waals surface area contributed by atoms with Crippen molar-refractivity contribution in [1.29, 1.82) is 0 Å². The van der Waals surface area contributed by atoms with Crippen molar-refractivity contribution in [1.82, 2.24) is 15.5 Å². The summed E-state index contributed by atoms with van der Waals surface area (Å²) in [6.45, 7) is 3.23. The molecule has 3 rings (SSSR count). The van der Waals surface area contributed by atoms with E-state index in [9.17, 15) is 0 Å². The predicted molar refractivity (Wildman–Crippen MR) is 64.3 cm³/mol. The van der Waals surface area contributed by atoms with E-state index in [4.69, 9.17) is 4.52 Å². The zero-order valence-corrected chi connectivity index (χ0v) is 10.2. The Kier molecular flexibility index (Phi) is 2.97. The number of aromatic nitrogens is 2. The van der Waals surface area contributed by atoms with Crippen LogP contribution in [0.4, 0.5) is 0 Å². The van der Waals surface area contributed by atoms with E-state index in [0.29, 0.717) is 6.04 Å². The highest BCUT2D eigenvalue weighted by atomic mass is 16.5. The van der Waals surface area contributed by atoms with Crippen LogP contribution in [0.3, 0.4) is 0 Å². The lowest BCUT2D eigenvalue weighted by atomic mass is 9.87. The van der Waals surface area contributed by atoms with E-state index < -0.39 is 0 Å². The van der Waals surface area contributed by atoms with Gasteiger partial charge < -0.3 is 9.84 Å². The molecule has 2 bridgehead atoms. The topological polar surface area (TPSA) is 51.0 Å². The van der Waals surface area contributed by atoms with Crippen molar-refractivity contribution in [3.8, 4) is 0 Å². The Morgan fingerprint density at radius 2 is 2.41 bits per heavy atom. The molecule has 0 spiro atoms. The molecule has 2 aliphatic carbocycles. The molecule has 1 aromatic heterocycles. The minimum atomic E-state index is 0.585. The van der Waals surface area contributed by atoms with Gasteiger partial charge in [-0.1, -0.05) is 17.3 Å². The van der Waals surface area contributed by atoms with E-state index in [0.717, 1.165) is 36.5 Å². The molecule has 4 heteroatoms. The maximum atomic E-state index is 4.71. The highest BCUT2D eigenvalue weighted by Crippen LogP contribution is 2.44. The summed E-state index contributed by atoms with van der Waals surface area (Å²) in [4.78, 5) is 4.02. The largest absolute Gasteiger partial charge is 0.343 e. The molecular formula is C13H19N3O. The van der Waals surface area contributed by atoms with Crippen LogP contribution in [0.5, 0.6) is 0 Å². The van der Waals surface area contributed by atoms with E-state index in [1.54, 1.807) is 0 Å². The molecule has 1 heterocycles. The SMILES string of the molecule is CC(NCCc1ncon1)C1CC2C=CC1C2. The fraction of sp³-hybridized carbons (Fsp3) is 0.692. The van der Waals surface area contributed by atoms with Crippen molar-refractivity contribution < 1.29 is 4.52 Å². The van der Waals surface area contributed by atoms with Gasteiger partial charge in [-0.3, -0.25) is 0 Å². The molecule has 1 saturated carbocycles. The smallest absolute Gasteiger partial charge is 0.213 e. The fourth-order valence-electron chi connectivity index (χ4n) is 3.26. The summed E-state index contributed by atoms with van der Waals surface area (Å²) in [5.74, 6) is 3.27. The molecule has 0 aliphatic heterocycles. The van der Waals surface area contributed by atoms with Gasteiger partial charge in [0.25, 0.3) is 0 Å². The minimum absolute atomic E-state index is 0.585. The van der Waals surface area contributed by atoms with Gasteiger partial charge in [0, 0.05) is 19.0 Å². The third kappa shape index (κ3) is 2.27. The molecule has 17 heavy (non-hydrogen) atoms. The number of allylic oxidation sites excluding steroid dienone is 2. The van der Waals surface area contributed by atoms with Crippen LogP contribution in [0.15, 0.2) is 23.1 Å². The second-order valence-corrected chi connectivity index (χ2v) is 5.28. The number of nitrogens with zero attached hydrogens (tertiary/aromatic N) is 2. The summed E-state index contributed by atoms with van der Waals surface area (Å²) >= 11 is 0. The first kappa shape index (κ1) is 11.0. The van der Waals surface area contributed by atoms with Gasteiger partial charge in [-0.15, -0.1) is 0 Å². The van der Waals surface area contributed by atoms with Crippen LogP contribution in [-0.2, 0) is 6.42 Å². The van der Waals surface area contributed by atoms with Crippen LogP contribution in [0.1, 0.15) is 25.6 Å². The monoisotopic (exact) mass is 233 g/mol. The normalized spacial score (nSPS) is 32.2. The highest BCUT2D eigenvalue weighted by Gasteiger charge is 2.38. The van der Waals surface area contributed by atoms with E-state index in [1.165, 1.54) is 19.2 Å². The lowest BCUT2D eigenvalue weighted by Gasteiger charge is -2.26. The van der Waals surface area contributed by atoms with E-state index in [1.807, 2.05) is 0 Å². The highest BCUT2D eigenvalue weighted by molar-refractivity contribution is 5.11. The van der Waals surface area contributed by atoms with Gasteiger partial charge in [0.2, 0.25) is 6.39 Å². The number of nitrogens with one attached hydrogen (secondary N) is 1. The van der Waals surface area contributed by atoms with Crippen LogP contribution in [0, 0.1) is 17.8 Å². The van der Waals surface area contributed by atoms with Gasteiger partial charge in [0.1, 0.15) is 0 Å². The van der Waals surface area contributed by atoms with Crippen molar-refractivity contribution in [2.24, 2.45) is 17.8 Å². The Labute approximate surface area is 101 Å². The Bertz CT molecular complexity index is 387. The molecule has 0 amide bonds. The molecule has 1 N–H and O–H groups in total. The first-order valence-corrected chi connectivity index (χ1v) is 6.50. The molecule has 4 unspecified atom stereocenters. The molecule has 0 radical (unpaired) electrons. The van der Waals surface area contributed by atoms with Crippen molar-refractivity contribution >= 4 is 0 Å². The molecular weight excluding hydrogens is 214 g/mol. The third-order valence-corrected chi connectivity index (χ3v) is 4.19. The van der Waals surface area contributed by atoms with Gasteiger partial charge in [0.15, 0.2) is 5.82 Å². The average Bonchev–Trinajstić information content (AvgIpc) is 3.05. The first-order chi connectivity index (χ1) is 8.33. The van der Waals surface area contributed by atoms with Crippen LogP contribution in [-0.4, -0.2) is 22.7 Å². The van der Waals surface area contributed by atoms with Crippen LogP contribution >= 0.6 is 0 Å². The summed E-state index contributed by atoms with van der Waals surface area (Å²) in [5, 5.41) is 7.40. The van der Waals surface area contributed by atoms with Crippen LogP contribution in [0.25, 0.3) is 0 Å². The van der Waals surface area contributed by atoms with Crippen molar-refractivity contribution in [3.05, 3.63) is 24.4 Å². The molecule has 92 valence electrons. The first-order valence-electron chi connectivity index (χ1n) is 6.50. The molecule has 0 saturated heterocycles. The maximum Gasteiger partial charge on any atom is 0.213 e. The van der Waals surface area contributed by atoms with E-state index in [2.05, 4.69) is 34.5 Å². The van der Waals surface area contributed by atoms with Gasteiger partial charge in [-0.05, 0) is 37.5 Å². The number of hydrogen-bond donors (Lipinski definition) is 1. The Morgan fingerprint density at radius 3 is 3.06 bits per heavy atom. The average molecular weight is 233 g/mol. The van der Waals surface area contributed by atoms with Crippen molar-refractivity contribution in [3.63, 3.8) is 0 Å². The second kappa shape index (κ2) is 4.61. The fourth-order valence-corrected chi connectivity index (χ4v) is 3.26. The standard InChI is InChI=1S/C13H19N3O/c1-9(12-7-10-2-3-11(12)6-10)14-5-4-13-15-8-17-16-13/h2-3,8-12,14H,4-7H2,1H3. The van der Waals surface area contributed by atoms with E-state index >= 15 is 0 Å². The summed E-state index contributed by atoms with van der Waals surface area (Å²) in [7, 11) is 0. The van der Waals surface area contributed by atoms with E-state index in [-0.39, 0.29) is 0 Å². The Balaban J connectivity index is 1.45. The molecule has 4 nitrogen and oxygen atoms in total. The molecule has 0 aromatic carbocycles. The third-order valence-electron chi connectivity index (χ3n) is 4.19. The minimum Gasteiger partial charge on any atom is -0.343 e. The van der Waals surface area contributed by atoms with Gasteiger partial charge in [-0.2, -0.15) is 4.98 Å². The zero-order chi connectivity index (χ0) is 11.7. The zero-order valence-electron chi connectivity index (χ0n) is 10.2. The maximum absolute atomic E-state index is 4.71. The number of rotatable bonds is 5. The summed E-state index contributed by atoms with van der Waals surface area (Å²) in [6, 6.07) is 0.585.